The number of carbonyl (C=O) groups is 1. The van der Waals surface area contributed by atoms with E-state index in [1.807, 2.05) is 0 Å². The lowest BCUT2D eigenvalue weighted by Crippen LogP contribution is -2.16. The summed E-state index contributed by atoms with van der Waals surface area (Å²) in [6, 6.07) is 0. The minimum atomic E-state index is -1.47. The molecule has 0 radical (unpaired) electrons. The highest BCUT2D eigenvalue weighted by Gasteiger charge is 2.25. The molecule has 0 aromatic heterocycles. The molecule has 0 aromatic rings. The van der Waals surface area contributed by atoms with E-state index in [9.17, 15) is 9.18 Å². The second-order valence-electron chi connectivity index (χ2n) is 4.42. The molecule has 0 amide bonds. The number of halogens is 1. The largest absolute Gasteiger partial charge is 0.478 e. The molecular weight excluding hydrogens is 209 g/mol. The van der Waals surface area contributed by atoms with Gasteiger partial charge in [-0.1, -0.05) is 6.08 Å². The summed E-state index contributed by atoms with van der Waals surface area (Å²) in [5, 5.41) is 8.94. The number of nitrogens with two attached hydrogens (primary N) is 1. The van der Waals surface area contributed by atoms with Gasteiger partial charge in [0, 0.05) is 5.70 Å². The maximum Gasteiger partial charge on any atom is 0.337 e. The highest BCUT2D eigenvalue weighted by molar-refractivity contribution is 5.92. The van der Waals surface area contributed by atoms with E-state index in [2.05, 4.69) is 0 Å². The Labute approximate surface area is 94.1 Å². The van der Waals surface area contributed by atoms with Gasteiger partial charge in [0.25, 0.3) is 0 Å². The third-order valence-corrected chi connectivity index (χ3v) is 2.65. The first kappa shape index (κ1) is 12.5. The quantitative estimate of drug-likeness (QED) is 0.758. The van der Waals surface area contributed by atoms with Crippen LogP contribution in [-0.4, -0.2) is 16.7 Å². The van der Waals surface area contributed by atoms with Crippen LogP contribution in [0.1, 0.15) is 27.2 Å². The van der Waals surface area contributed by atoms with Crippen LogP contribution in [0.25, 0.3) is 0 Å². The van der Waals surface area contributed by atoms with Crippen LogP contribution < -0.4 is 5.73 Å². The summed E-state index contributed by atoms with van der Waals surface area (Å²) < 4.78 is 13.8. The standard InChI is InChI=1S/C12H16FNO2/c1-7-6-8(12(2,3)13)4-5-9(10(7)14)11(15)16/h4-5H,6,14H2,1-3H3,(H,15,16). The molecule has 0 atom stereocenters. The van der Waals surface area contributed by atoms with Crippen LogP contribution in [0.3, 0.4) is 0 Å². The zero-order valence-electron chi connectivity index (χ0n) is 9.67. The Kier molecular flexibility index (Phi) is 3.21. The topological polar surface area (TPSA) is 63.3 Å². The van der Waals surface area contributed by atoms with Crippen LogP contribution in [0.4, 0.5) is 4.39 Å². The third kappa shape index (κ3) is 2.51. The summed E-state index contributed by atoms with van der Waals surface area (Å²) in [7, 11) is 0. The van der Waals surface area contributed by atoms with Crippen molar-refractivity contribution < 1.29 is 14.3 Å². The van der Waals surface area contributed by atoms with E-state index in [-0.39, 0.29) is 11.3 Å². The molecule has 3 nitrogen and oxygen atoms in total. The zero-order valence-corrected chi connectivity index (χ0v) is 9.67. The molecule has 3 N–H and O–H groups in total. The summed E-state index contributed by atoms with van der Waals surface area (Å²) in [6.45, 7) is 4.61. The molecule has 4 heteroatoms. The first-order chi connectivity index (χ1) is 7.23. The lowest BCUT2D eigenvalue weighted by Gasteiger charge is -2.18. The van der Waals surface area contributed by atoms with Crippen LogP contribution in [-0.2, 0) is 4.79 Å². The zero-order chi connectivity index (χ0) is 12.5. The molecular formula is C12H16FNO2. The number of hydrogen-bond acceptors (Lipinski definition) is 2. The van der Waals surface area contributed by atoms with Gasteiger partial charge in [-0.2, -0.15) is 0 Å². The number of hydrogen-bond donors (Lipinski definition) is 2. The molecule has 0 unspecified atom stereocenters. The number of aliphatic carboxylic acids is 1. The first-order valence-electron chi connectivity index (χ1n) is 5.02. The Bertz CT molecular complexity index is 411. The van der Waals surface area contributed by atoms with Crippen LogP contribution >= 0.6 is 0 Å². The van der Waals surface area contributed by atoms with Gasteiger partial charge in [0.05, 0.1) is 5.57 Å². The van der Waals surface area contributed by atoms with Crippen molar-refractivity contribution in [3.05, 3.63) is 34.6 Å². The Morgan fingerprint density at radius 1 is 1.50 bits per heavy atom. The number of rotatable bonds is 2. The molecule has 1 aliphatic rings. The lowest BCUT2D eigenvalue weighted by molar-refractivity contribution is -0.132. The number of alkyl halides is 1. The van der Waals surface area contributed by atoms with Gasteiger partial charge in [0.1, 0.15) is 5.67 Å². The highest BCUT2D eigenvalue weighted by atomic mass is 19.1. The number of carboxylic acid groups (broad SMARTS) is 1. The molecule has 1 aliphatic carbocycles. The summed E-state index contributed by atoms with van der Waals surface area (Å²) in [6.07, 6.45) is 3.24. The van der Waals surface area contributed by atoms with Gasteiger partial charge in [-0.15, -0.1) is 0 Å². The number of allylic oxidation sites excluding steroid dienone is 4. The summed E-state index contributed by atoms with van der Waals surface area (Å²) >= 11 is 0. The van der Waals surface area contributed by atoms with Crippen molar-refractivity contribution in [3.63, 3.8) is 0 Å². The van der Waals surface area contributed by atoms with Gasteiger partial charge in [0.2, 0.25) is 0 Å². The minimum Gasteiger partial charge on any atom is -0.478 e. The van der Waals surface area contributed by atoms with Crippen LogP contribution in [0, 0.1) is 0 Å². The molecule has 0 aromatic carbocycles. The van der Waals surface area contributed by atoms with Gasteiger partial charge in [-0.25, -0.2) is 9.18 Å². The van der Waals surface area contributed by atoms with Crippen molar-refractivity contribution in [2.45, 2.75) is 32.9 Å². The van der Waals surface area contributed by atoms with Gasteiger partial charge in [-0.3, -0.25) is 0 Å². The van der Waals surface area contributed by atoms with Gasteiger partial charge in [-0.05, 0) is 44.4 Å². The van der Waals surface area contributed by atoms with Crippen LogP contribution in [0.2, 0.25) is 0 Å². The van der Waals surface area contributed by atoms with Gasteiger partial charge < -0.3 is 10.8 Å². The Morgan fingerprint density at radius 2 is 2.06 bits per heavy atom. The predicted octanol–water partition coefficient (Wildman–Crippen LogP) is 2.31. The minimum absolute atomic E-state index is 0.0248. The summed E-state index contributed by atoms with van der Waals surface area (Å²) in [5.74, 6) is -1.09. The maximum absolute atomic E-state index is 13.8. The molecule has 0 saturated heterocycles. The average molecular weight is 225 g/mol. The van der Waals surface area contributed by atoms with E-state index >= 15 is 0 Å². The van der Waals surface area contributed by atoms with Crippen molar-refractivity contribution in [1.82, 2.24) is 0 Å². The van der Waals surface area contributed by atoms with E-state index in [4.69, 9.17) is 10.8 Å². The molecule has 16 heavy (non-hydrogen) atoms. The van der Waals surface area contributed by atoms with E-state index in [0.717, 1.165) is 0 Å². The van der Waals surface area contributed by atoms with E-state index in [1.165, 1.54) is 26.0 Å². The Morgan fingerprint density at radius 3 is 2.50 bits per heavy atom. The smallest absolute Gasteiger partial charge is 0.337 e. The van der Waals surface area contributed by atoms with Gasteiger partial charge >= 0.3 is 5.97 Å². The maximum atomic E-state index is 13.8. The van der Waals surface area contributed by atoms with E-state index in [0.29, 0.717) is 17.6 Å². The average Bonchev–Trinajstić information content (AvgIpc) is 2.26. The highest BCUT2D eigenvalue weighted by Crippen LogP contribution is 2.30. The molecule has 0 spiro atoms. The molecule has 0 bridgehead atoms. The van der Waals surface area contributed by atoms with E-state index in [1.54, 1.807) is 6.92 Å². The third-order valence-electron chi connectivity index (χ3n) is 2.65. The Balaban J connectivity index is 3.24. The van der Waals surface area contributed by atoms with Crippen LogP contribution in [0.15, 0.2) is 34.6 Å². The molecule has 1 rings (SSSR count). The van der Waals surface area contributed by atoms with E-state index < -0.39 is 11.6 Å². The Hall–Kier alpha value is -1.58. The fourth-order valence-electron chi connectivity index (χ4n) is 1.54. The molecule has 0 aliphatic heterocycles. The lowest BCUT2D eigenvalue weighted by atomic mass is 9.94. The van der Waals surface area contributed by atoms with Crippen molar-refractivity contribution in [1.29, 1.82) is 0 Å². The van der Waals surface area contributed by atoms with Crippen molar-refractivity contribution in [3.8, 4) is 0 Å². The SMILES string of the molecule is CC1=C(N)C(C(=O)O)=CC=C(C(C)(C)F)C1. The second kappa shape index (κ2) is 4.12. The van der Waals surface area contributed by atoms with Gasteiger partial charge in [0.15, 0.2) is 0 Å². The first-order valence-corrected chi connectivity index (χ1v) is 5.02. The molecule has 0 heterocycles. The summed E-state index contributed by atoms with van der Waals surface area (Å²) in [4.78, 5) is 10.9. The van der Waals surface area contributed by atoms with Crippen molar-refractivity contribution in [2.24, 2.45) is 5.73 Å². The second-order valence-corrected chi connectivity index (χ2v) is 4.42. The molecule has 0 saturated carbocycles. The van der Waals surface area contributed by atoms with Crippen molar-refractivity contribution >= 4 is 5.97 Å². The van der Waals surface area contributed by atoms with Crippen molar-refractivity contribution in [2.75, 3.05) is 0 Å². The summed E-state index contributed by atoms with van der Waals surface area (Å²) in [5.41, 5.74) is 5.70. The predicted molar refractivity (Wildman–Crippen MR) is 60.5 cm³/mol. The van der Waals surface area contributed by atoms with Crippen LogP contribution in [0.5, 0.6) is 0 Å². The molecule has 88 valence electrons. The monoisotopic (exact) mass is 225 g/mol. The fourth-order valence-corrected chi connectivity index (χ4v) is 1.54. The number of carboxylic acids is 1. The molecule has 0 fully saturated rings. The fraction of sp³-hybridized carbons (Fsp3) is 0.417. The normalized spacial score (nSPS) is 17.8.